The van der Waals surface area contributed by atoms with Gasteiger partial charge in [0.1, 0.15) is 16.5 Å². The summed E-state index contributed by atoms with van der Waals surface area (Å²) in [6.07, 6.45) is 2.88. The summed E-state index contributed by atoms with van der Waals surface area (Å²) < 4.78 is 7.07. The van der Waals surface area contributed by atoms with Crippen LogP contribution in [0.25, 0.3) is 11.3 Å². The fourth-order valence-electron chi connectivity index (χ4n) is 3.88. The van der Waals surface area contributed by atoms with Gasteiger partial charge in [0.2, 0.25) is 0 Å². The first-order chi connectivity index (χ1) is 13.1. The number of fused-ring (bicyclic) bond motifs is 3. The van der Waals surface area contributed by atoms with Crippen molar-refractivity contribution in [3.8, 4) is 11.3 Å². The van der Waals surface area contributed by atoms with E-state index in [0.29, 0.717) is 11.7 Å². The highest BCUT2D eigenvalue weighted by Gasteiger charge is 2.34. The van der Waals surface area contributed by atoms with E-state index >= 15 is 0 Å². The predicted octanol–water partition coefficient (Wildman–Crippen LogP) is 5.75. The fraction of sp³-hybridized carbons (Fsp3) is 0.286. The summed E-state index contributed by atoms with van der Waals surface area (Å²) in [5.74, 6) is 2.20. The van der Waals surface area contributed by atoms with Gasteiger partial charge < -0.3 is 15.1 Å². The molecule has 1 amide bonds. The molecule has 3 aromatic rings. The van der Waals surface area contributed by atoms with Crippen LogP contribution in [0.1, 0.15) is 46.1 Å². The van der Waals surface area contributed by atoms with Crippen LogP contribution >= 0.6 is 27.3 Å². The van der Waals surface area contributed by atoms with E-state index in [0.717, 1.165) is 45.6 Å². The minimum atomic E-state index is -0.341. The summed E-state index contributed by atoms with van der Waals surface area (Å²) in [5, 5.41) is 7.52. The van der Waals surface area contributed by atoms with Gasteiger partial charge in [-0.3, -0.25) is 4.79 Å². The van der Waals surface area contributed by atoms with Crippen molar-refractivity contribution in [2.24, 2.45) is 5.92 Å². The van der Waals surface area contributed by atoms with Crippen LogP contribution in [0.4, 0.5) is 5.00 Å². The summed E-state index contributed by atoms with van der Waals surface area (Å²) in [7, 11) is 0. The first-order valence-electron chi connectivity index (χ1n) is 9.16. The zero-order valence-electron chi connectivity index (χ0n) is 14.8. The molecule has 0 unspecified atom stereocenters. The number of anilines is 1. The number of rotatable bonds is 2. The quantitative estimate of drug-likeness (QED) is 0.530. The van der Waals surface area contributed by atoms with Crippen molar-refractivity contribution in [1.82, 2.24) is 5.32 Å². The zero-order chi connectivity index (χ0) is 18.5. The molecule has 6 heteroatoms. The van der Waals surface area contributed by atoms with Gasteiger partial charge in [0.05, 0.1) is 5.56 Å². The monoisotopic (exact) mass is 442 g/mol. The van der Waals surface area contributed by atoms with Gasteiger partial charge in [-0.1, -0.05) is 35.0 Å². The lowest BCUT2D eigenvalue weighted by molar-refractivity contribution is 0.0930. The number of hydrogen-bond donors (Lipinski definition) is 2. The Hall–Kier alpha value is -2.05. The molecule has 2 aliphatic rings. The molecule has 27 heavy (non-hydrogen) atoms. The Morgan fingerprint density at radius 1 is 1.15 bits per heavy atom. The van der Waals surface area contributed by atoms with E-state index in [-0.39, 0.29) is 12.1 Å². The van der Waals surface area contributed by atoms with E-state index in [1.54, 1.807) is 11.3 Å². The van der Waals surface area contributed by atoms with Crippen LogP contribution in [-0.2, 0) is 12.8 Å². The number of carbonyl (C=O) groups excluding carboxylic acids is 1. The van der Waals surface area contributed by atoms with E-state index < -0.39 is 0 Å². The Morgan fingerprint density at radius 2 is 1.96 bits per heavy atom. The highest BCUT2D eigenvalue weighted by Crippen LogP contribution is 2.42. The third-order valence-corrected chi connectivity index (χ3v) is 7.04. The number of carbonyl (C=O) groups is 1. The molecular formula is C21H19BrN2O2S. The van der Waals surface area contributed by atoms with Gasteiger partial charge in [0.15, 0.2) is 6.17 Å². The van der Waals surface area contributed by atoms with Crippen molar-refractivity contribution in [2.45, 2.75) is 32.4 Å². The molecule has 0 fully saturated rings. The van der Waals surface area contributed by atoms with Crippen molar-refractivity contribution in [2.75, 3.05) is 5.32 Å². The summed E-state index contributed by atoms with van der Waals surface area (Å²) in [4.78, 5) is 14.2. The molecule has 0 bridgehead atoms. The Bertz CT molecular complexity index is 1020. The molecule has 1 aliphatic heterocycles. The van der Waals surface area contributed by atoms with Crippen LogP contribution in [0.2, 0.25) is 0 Å². The van der Waals surface area contributed by atoms with E-state index in [4.69, 9.17) is 4.42 Å². The van der Waals surface area contributed by atoms with Crippen molar-refractivity contribution in [1.29, 1.82) is 0 Å². The minimum absolute atomic E-state index is 0.00222. The van der Waals surface area contributed by atoms with Crippen LogP contribution in [0, 0.1) is 5.92 Å². The van der Waals surface area contributed by atoms with Crippen LogP contribution in [0.15, 0.2) is 45.3 Å². The third kappa shape index (κ3) is 3.01. The number of thiophene rings is 1. The second kappa shape index (κ2) is 6.53. The fourth-order valence-corrected chi connectivity index (χ4v) is 5.58. The molecular weight excluding hydrogens is 424 g/mol. The molecule has 2 aromatic heterocycles. The van der Waals surface area contributed by atoms with Crippen LogP contribution in [-0.4, -0.2) is 5.91 Å². The van der Waals surface area contributed by atoms with E-state index in [2.05, 4.69) is 33.5 Å². The molecule has 4 nitrogen and oxygen atoms in total. The number of amides is 1. The van der Waals surface area contributed by atoms with Crippen LogP contribution in [0.5, 0.6) is 0 Å². The van der Waals surface area contributed by atoms with Crippen molar-refractivity contribution >= 4 is 38.2 Å². The number of halogens is 1. The lowest BCUT2D eigenvalue weighted by Gasteiger charge is -2.25. The van der Waals surface area contributed by atoms with Gasteiger partial charge in [-0.2, -0.15) is 0 Å². The molecule has 0 spiro atoms. The summed E-state index contributed by atoms with van der Waals surface area (Å²) in [6.45, 7) is 2.28. The lowest BCUT2D eigenvalue weighted by Crippen LogP contribution is -2.38. The average molecular weight is 443 g/mol. The largest absolute Gasteiger partial charge is 0.457 e. The SMILES string of the molecule is C[C@@H]1CCc2c(sc3c2C(=O)N[C@@H](c2ccc(-c4ccc(Br)cc4)o2)N3)C1. The van der Waals surface area contributed by atoms with Crippen molar-refractivity contribution in [3.63, 3.8) is 0 Å². The normalized spacial score (nSPS) is 21.2. The second-order valence-corrected chi connectivity index (χ2v) is 9.34. The highest BCUT2D eigenvalue weighted by atomic mass is 79.9. The molecule has 5 rings (SSSR count). The topological polar surface area (TPSA) is 54.3 Å². The van der Waals surface area contributed by atoms with E-state index in [9.17, 15) is 4.79 Å². The molecule has 2 atom stereocenters. The van der Waals surface area contributed by atoms with Crippen LogP contribution < -0.4 is 10.6 Å². The maximum Gasteiger partial charge on any atom is 0.256 e. The summed E-state index contributed by atoms with van der Waals surface area (Å²) >= 11 is 5.18. The first kappa shape index (κ1) is 17.1. The third-order valence-electron chi connectivity index (χ3n) is 5.33. The Balaban J connectivity index is 1.44. The van der Waals surface area contributed by atoms with Gasteiger partial charge in [-0.25, -0.2) is 0 Å². The molecule has 1 aromatic carbocycles. The van der Waals surface area contributed by atoms with Gasteiger partial charge in [0.25, 0.3) is 5.91 Å². The number of nitrogens with one attached hydrogen (secondary N) is 2. The van der Waals surface area contributed by atoms with Gasteiger partial charge in [-0.05, 0) is 55.0 Å². The molecule has 138 valence electrons. The summed E-state index contributed by atoms with van der Waals surface area (Å²) in [5.41, 5.74) is 3.09. The molecule has 2 N–H and O–H groups in total. The number of furan rings is 1. The first-order valence-corrected chi connectivity index (χ1v) is 10.8. The predicted molar refractivity (Wildman–Crippen MR) is 111 cm³/mol. The van der Waals surface area contributed by atoms with E-state index in [1.165, 1.54) is 10.4 Å². The smallest absolute Gasteiger partial charge is 0.256 e. The van der Waals surface area contributed by atoms with Gasteiger partial charge in [-0.15, -0.1) is 11.3 Å². The molecule has 0 saturated heterocycles. The summed E-state index contributed by atoms with van der Waals surface area (Å²) in [6, 6.07) is 11.9. The molecule has 3 heterocycles. The number of benzene rings is 1. The molecule has 1 aliphatic carbocycles. The molecule has 0 radical (unpaired) electrons. The van der Waals surface area contributed by atoms with Gasteiger partial charge >= 0.3 is 0 Å². The maximum atomic E-state index is 12.8. The Labute approximate surface area is 170 Å². The van der Waals surface area contributed by atoms with E-state index in [1.807, 2.05) is 36.4 Å². The molecule has 0 saturated carbocycles. The highest BCUT2D eigenvalue weighted by molar-refractivity contribution is 9.10. The standard InChI is InChI=1S/C21H19BrN2O2S/c1-11-2-7-14-17(10-11)27-21-18(14)20(25)23-19(24-21)16-9-8-15(26-16)12-3-5-13(22)6-4-12/h3-6,8-9,11,19,24H,2,7,10H2,1H3,(H,23,25)/t11-,19-/m1/s1. The van der Waals surface area contributed by atoms with Crippen LogP contribution in [0.3, 0.4) is 0 Å². The average Bonchev–Trinajstić information content (AvgIpc) is 3.26. The van der Waals surface area contributed by atoms with Crippen molar-refractivity contribution in [3.05, 3.63) is 62.6 Å². The number of hydrogen-bond acceptors (Lipinski definition) is 4. The maximum absolute atomic E-state index is 12.8. The second-order valence-electron chi connectivity index (χ2n) is 7.32. The van der Waals surface area contributed by atoms with Crippen molar-refractivity contribution < 1.29 is 9.21 Å². The Morgan fingerprint density at radius 3 is 2.78 bits per heavy atom. The zero-order valence-corrected chi connectivity index (χ0v) is 17.2. The lowest BCUT2D eigenvalue weighted by atomic mass is 9.88. The van der Waals surface area contributed by atoms with Gasteiger partial charge in [0, 0.05) is 14.9 Å². The Kier molecular flexibility index (Phi) is 4.13. The minimum Gasteiger partial charge on any atom is -0.457 e.